The molecule has 0 aliphatic heterocycles. The number of carbonyl (C=O) groups is 2. The van der Waals surface area contributed by atoms with Gasteiger partial charge in [-0.15, -0.1) is 0 Å². The van der Waals surface area contributed by atoms with Crippen LogP contribution in [0.5, 0.6) is 0 Å². The molecule has 0 spiro atoms. The Morgan fingerprint density at radius 2 is 1.70 bits per heavy atom. The topological polar surface area (TPSA) is 58.2 Å². The zero-order valence-corrected chi connectivity index (χ0v) is 13.7. The predicted molar refractivity (Wildman–Crippen MR) is 92.4 cm³/mol. The van der Waals surface area contributed by atoms with Crippen molar-refractivity contribution < 1.29 is 9.59 Å². The van der Waals surface area contributed by atoms with Crippen LogP contribution < -0.4 is 10.6 Å². The Morgan fingerprint density at radius 1 is 1.00 bits per heavy atom. The molecule has 1 atom stereocenters. The Morgan fingerprint density at radius 3 is 2.39 bits per heavy atom. The first-order valence-corrected chi connectivity index (χ1v) is 7.68. The number of nitrogens with one attached hydrogen (secondary N) is 2. The molecule has 0 saturated heterocycles. The van der Waals surface area contributed by atoms with Gasteiger partial charge in [-0.1, -0.05) is 49.4 Å². The van der Waals surface area contributed by atoms with Crippen molar-refractivity contribution in [3.8, 4) is 0 Å². The molecule has 0 radical (unpaired) electrons. The zero-order valence-electron chi connectivity index (χ0n) is 13.7. The van der Waals surface area contributed by atoms with Gasteiger partial charge in [0.05, 0.1) is 0 Å². The molecule has 2 rings (SSSR count). The summed E-state index contributed by atoms with van der Waals surface area (Å²) in [4.78, 5) is 24.0. The van der Waals surface area contributed by atoms with Crippen molar-refractivity contribution in [3.63, 3.8) is 0 Å². The summed E-state index contributed by atoms with van der Waals surface area (Å²) >= 11 is 0. The first kappa shape index (κ1) is 16.7. The lowest BCUT2D eigenvalue weighted by Crippen LogP contribution is -2.37. The Labute approximate surface area is 136 Å². The van der Waals surface area contributed by atoms with Gasteiger partial charge < -0.3 is 10.6 Å². The van der Waals surface area contributed by atoms with Crippen LogP contribution in [0.25, 0.3) is 0 Å². The van der Waals surface area contributed by atoms with E-state index in [-0.39, 0.29) is 5.92 Å². The SMILES string of the molecule is Cc1ccc(C)c(NC(=O)C(=O)NC[C@H](C)c2ccccc2)c1. The average molecular weight is 310 g/mol. The number of aryl methyl sites for hydroxylation is 2. The van der Waals surface area contributed by atoms with Gasteiger partial charge in [0.2, 0.25) is 0 Å². The summed E-state index contributed by atoms with van der Waals surface area (Å²) in [5.41, 5.74) is 3.75. The van der Waals surface area contributed by atoms with Gasteiger partial charge in [0.25, 0.3) is 0 Å². The number of hydrogen-bond donors (Lipinski definition) is 2. The van der Waals surface area contributed by atoms with E-state index in [1.165, 1.54) is 0 Å². The van der Waals surface area contributed by atoms with E-state index in [0.717, 1.165) is 16.7 Å². The molecule has 2 aromatic carbocycles. The highest BCUT2D eigenvalue weighted by atomic mass is 16.2. The molecule has 4 nitrogen and oxygen atoms in total. The minimum Gasteiger partial charge on any atom is -0.347 e. The van der Waals surface area contributed by atoms with Crippen LogP contribution in [-0.2, 0) is 9.59 Å². The molecule has 4 heteroatoms. The maximum absolute atomic E-state index is 12.0. The summed E-state index contributed by atoms with van der Waals surface area (Å²) in [6.07, 6.45) is 0. The molecule has 2 amide bonds. The third kappa shape index (κ3) is 4.68. The Balaban J connectivity index is 1.90. The third-order valence-electron chi connectivity index (χ3n) is 3.78. The standard InChI is InChI=1S/C19H22N2O2/c1-13-9-10-14(2)17(11-13)21-19(23)18(22)20-12-15(3)16-7-5-4-6-8-16/h4-11,15H,12H2,1-3H3,(H,20,22)(H,21,23)/t15-/m0/s1. The molecular weight excluding hydrogens is 288 g/mol. The number of hydrogen-bond acceptors (Lipinski definition) is 2. The van der Waals surface area contributed by atoms with E-state index >= 15 is 0 Å². The van der Waals surface area contributed by atoms with Gasteiger partial charge in [0.1, 0.15) is 0 Å². The molecule has 0 aromatic heterocycles. The summed E-state index contributed by atoms with van der Waals surface area (Å²) in [5, 5.41) is 5.35. The largest absolute Gasteiger partial charge is 0.347 e. The lowest BCUT2D eigenvalue weighted by Gasteiger charge is -2.13. The monoisotopic (exact) mass is 310 g/mol. The van der Waals surface area contributed by atoms with E-state index < -0.39 is 11.8 Å². The van der Waals surface area contributed by atoms with Crippen LogP contribution in [0.15, 0.2) is 48.5 Å². The van der Waals surface area contributed by atoms with Crippen molar-refractivity contribution in [1.29, 1.82) is 0 Å². The van der Waals surface area contributed by atoms with Crippen molar-refractivity contribution in [2.45, 2.75) is 26.7 Å². The van der Waals surface area contributed by atoms with E-state index in [2.05, 4.69) is 10.6 Å². The lowest BCUT2D eigenvalue weighted by molar-refractivity contribution is -0.136. The fourth-order valence-corrected chi connectivity index (χ4v) is 2.28. The molecule has 0 aliphatic carbocycles. The molecule has 0 unspecified atom stereocenters. The van der Waals surface area contributed by atoms with Gasteiger partial charge in [-0.3, -0.25) is 9.59 Å². The first-order chi connectivity index (χ1) is 11.0. The third-order valence-corrected chi connectivity index (χ3v) is 3.78. The lowest BCUT2D eigenvalue weighted by atomic mass is 10.0. The van der Waals surface area contributed by atoms with E-state index in [9.17, 15) is 9.59 Å². The maximum Gasteiger partial charge on any atom is 0.313 e. The van der Waals surface area contributed by atoms with Crippen molar-refractivity contribution in [2.75, 3.05) is 11.9 Å². The number of rotatable bonds is 4. The molecule has 2 aromatic rings. The smallest absolute Gasteiger partial charge is 0.313 e. The van der Waals surface area contributed by atoms with E-state index in [1.807, 2.05) is 69.3 Å². The minimum absolute atomic E-state index is 0.147. The van der Waals surface area contributed by atoms with Crippen LogP contribution in [0.2, 0.25) is 0 Å². The second kappa shape index (κ2) is 7.58. The summed E-state index contributed by atoms with van der Waals surface area (Å²) in [7, 11) is 0. The number of amides is 2. The van der Waals surface area contributed by atoms with Crippen molar-refractivity contribution in [1.82, 2.24) is 5.32 Å². The highest BCUT2D eigenvalue weighted by Gasteiger charge is 2.16. The highest BCUT2D eigenvalue weighted by Crippen LogP contribution is 2.16. The number of benzene rings is 2. The van der Waals surface area contributed by atoms with Gasteiger partial charge in [-0.2, -0.15) is 0 Å². The second-order valence-electron chi connectivity index (χ2n) is 5.79. The van der Waals surface area contributed by atoms with Gasteiger partial charge >= 0.3 is 11.8 Å². The Hall–Kier alpha value is -2.62. The van der Waals surface area contributed by atoms with Crippen LogP contribution in [0.1, 0.15) is 29.5 Å². The number of carbonyl (C=O) groups excluding carboxylic acids is 2. The van der Waals surface area contributed by atoms with Crippen molar-refractivity contribution in [2.24, 2.45) is 0 Å². The van der Waals surface area contributed by atoms with Crippen LogP contribution >= 0.6 is 0 Å². The molecule has 0 aliphatic rings. The van der Waals surface area contributed by atoms with Crippen LogP contribution in [-0.4, -0.2) is 18.4 Å². The Kier molecular flexibility index (Phi) is 5.52. The van der Waals surface area contributed by atoms with Crippen LogP contribution in [0.4, 0.5) is 5.69 Å². The maximum atomic E-state index is 12.0. The normalized spacial score (nSPS) is 11.6. The van der Waals surface area contributed by atoms with Crippen LogP contribution in [0.3, 0.4) is 0 Å². The molecule has 120 valence electrons. The minimum atomic E-state index is -0.640. The molecule has 2 N–H and O–H groups in total. The fourth-order valence-electron chi connectivity index (χ4n) is 2.28. The van der Waals surface area contributed by atoms with Crippen LogP contribution in [0, 0.1) is 13.8 Å². The molecule has 0 saturated carbocycles. The Bertz CT molecular complexity index is 696. The van der Waals surface area contributed by atoms with Gasteiger partial charge in [0, 0.05) is 12.2 Å². The van der Waals surface area contributed by atoms with Gasteiger partial charge in [0.15, 0.2) is 0 Å². The van der Waals surface area contributed by atoms with E-state index in [4.69, 9.17) is 0 Å². The van der Waals surface area contributed by atoms with E-state index in [0.29, 0.717) is 12.2 Å². The summed E-state index contributed by atoms with van der Waals surface area (Å²) in [6.45, 7) is 6.27. The molecule has 0 fully saturated rings. The summed E-state index contributed by atoms with van der Waals surface area (Å²) in [6, 6.07) is 15.6. The highest BCUT2D eigenvalue weighted by molar-refractivity contribution is 6.39. The molecule has 23 heavy (non-hydrogen) atoms. The predicted octanol–water partition coefficient (Wildman–Crippen LogP) is 3.16. The van der Waals surface area contributed by atoms with Gasteiger partial charge in [-0.05, 0) is 42.5 Å². The van der Waals surface area contributed by atoms with Gasteiger partial charge in [-0.25, -0.2) is 0 Å². The molecule has 0 bridgehead atoms. The summed E-state index contributed by atoms with van der Waals surface area (Å²) < 4.78 is 0. The fraction of sp³-hybridized carbons (Fsp3) is 0.263. The molecular formula is C19H22N2O2. The number of anilines is 1. The van der Waals surface area contributed by atoms with Crippen molar-refractivity contribution >= 4 is 17.5 Å². The zero-order chi connectivity index (χ0) is 16.8. The molecule has 0 heterocycles. The summed E-state index contributed by atoms with van der Waals surface area (Å²) in [5.74, 6) is -1.11. The second-order valence-corrected chi connectivity index (χ2v) is 5.79. The van der Waals surface area contributed by atoms with E-state index in [1.54, 1.807) is 0 Å². The first-order valence-electron chi connectivity index (χ1n) is 7.68. The van der Waals surface area contributed by atoms with Crippen molar-refractivity contribution in [3.05, 3.63) is 65.2 Å². The average Bonchev–Trinajstić information content (AvgIpc) is 2.56. The quantitative estimate of drug-likeness (QED) is 0.852.